The van der Waals surface area contributed by atoms with Gasteiger partial charge in [0.1, 0.15) is 6.33 Å². The summed E-state index contributed by atoms with van der Waals surface area (Å²) < 4.78 is 29.2. The standard InChI is InChI=1S/C27H26N4O4S/c1-19-7-12-25(20(2)17-19)36(34,35)30-15-13-29(14-16-30)26(32)21-8-10-22(11-9-21)31-18-28-24-6-4-3-5-23(24)27(31)33/h3-12,17-18H,13-16H2,1-2H3. The summed E-state index contributed by atoms with van der Waals surface area (Å²) >= 11 is 0. The molecule has 0 aliphatic carbocycles. The highest BCUT2D eigenvalue weighted by Crippen LogP contribution is 2.23. The van der Waals surface area contributed by atoms with Gasteiger partial charge in [0.15, 0.2) is 0 Å². The second-order valence-electron chi connectivity index (χ2n) is 8.95. The molecule has 5 rings (SSSR count). The van der Waals surface area contributed by atoms with Gasteiger partial charge in [-0.2, -0.15) is 4.31 Å². The Hall–Kier alpha value is -3.82. The van der Waals surface area contributed by atoms with Crippen LogP contribution in [-0.2, 0) is 10.0 Å². The maximum atomic E-state index is 13.1. The van der Waals surface area contributed by atoms with Crippen LogP contribution in [0.5, 0.6) is 0 Å². The van der Waals surface area contributed by atoms with E-state index in [0.717, 1.165) is 5.56 Å². The van der Waals surface area contributed by atoms with E-state index < -0.39 is 10.0 Å². The molecule has 1 amide bonds. The van der Waals surface area contributed by atoms with Crippen molar-refractivity contribution in [2.75, 3.05) is 26.2 Å². The third-order valence-electron chi connectivity index (χ3n) is 6.53. The van der Waals surface area contributed by atoms with Crippen LogP contribution in [0.1, 0.15) is 21.5 Å². The van der Waals surface area contributed by atoms with Crippen LogP contribution in [0.2, 0.25) is 0 Å². The van der Waals surface area contributed by atoms with Crippen molar-refractivity contribution >= 4 is 26.8 Å². The maximum Gasteiger partial charge on any atom is 0.265 e. The second-order valence-corrected chi connectivity index (χ2v) is 10.9. The topological polar surface area (TPSA) is 92.6 Å². The molecule has 1 aliphatic heterocycles. The number of carbonyl (C=O) groups is 1. The Bertz CT molecular complexity index is 1620. The zero-order chi connectivity index (χ0) is 25.4. The Morgan fingerprint density at radius 1 is 0.889 bits per heavy atom. The largest absolute Gasteiger partial charge is 0.336 e. The number of fused-ring (bicyclic) bond motifs is 1. The third-order valence-corrected chi connectivity index (χ3v) is 8.59. The minimum atomic E-state index is -3.62. The first kappa shape index (κ1) is 23.9. The predicted molar refractivity (Wildman–Crippen MR) is 138 cm³/mol. The fourth-order valence-electron chi connectivity index (χ4n) is 4.56. The number of carbonyl (C=O) groups excluding carboxylic acids is 1. The highest BCUT2D eigenvalue weighted by molar-refractivity contribution is 7.89. The number of piperazine rings is 1. The second kappa shape index (κ2) is 9.33. The summed E-state index contributed by atoms with van der Waals surface area (Å²) in [6.07, 6.45) is 1.48. The Kier molecular flexibility index (Phi) is 6.19. The molecule has 184 valence electrons. The van der Waals surface area contributed by atoms with Gasteiger partial charge < -0.3 is 4.90 Å². The van der Waals surface area contributed by atoms with Crippen LogP contribution in [0.3, 0.4) is 0 Å². The molecule has 3 aromatic carbocycles. The van der Waals surface area contributed by atoms with Gasteiger partial charge in [0.2, 0.25) is 10.0 Å². The molecule has 1 saturated heterocycles. The third kappa shape index (κ3) is 4.31. The summed E-state index contributed by atoms with van der Waals surface area (Å²) in [5, 5.41) is 0.522. The SMILES string of the molecule is Cc1ccc(S(=O)(=O)N2CCN(C(=O)c3ccc(-n4cnc5ccccc5c4=O)cc3)CC2)c(C)c1. The Balaban J connectivity index is 1.29. The molecule has 0 atom stereocenters. The number of aryl methyl sites for hydroxylation is 2. The van der Waals surface area contributed by atoms with Crippen LogP contribution in [0, 0.1) is 13.8 Å². The lowest BCUT2D eigenvalue weighted by molar-refractivity contribution is 0.0698. The molecule has 0 bridgehead atoms. The lowest BCUT2D eigenvalue weighted by Gasteiger charge is -2.34. The van der Waals surface area contributed by atoms with Gasteiger partial charge in [0.05, 0.1) is 21.5 Å². The monoisotopic (exact) mass is 502 g/mol. The quantitative estimate of drug-likeness (QED) is 0.428. The summed E-state index contributed by atoms with van der Waals surface area (Å²) in [4.78, 5) is 32.2. The van der Waals surface area contributed by atoms with E-state index in [9.17, 15) is 18.0 Å². The number of para-hydroxylation sites is 1. The fourth-order valence-corrected chi connectivity index (χ4v) is 6.19. The van der Waals surface area contributed by atoms with Gasteiger partial charge in [-0.1, -0.05) is 29.8 Å². The van der Waals surface area contributed by atoms with Crippen molar-refractivity contribution in [2.45, 2.75) is 18.7 Å². The van der Waals surface area contributed by atoms with Crippen LogP contribution in [0.4, 0.5) is 0 Å². The number of sulfonamides is 1. The molecule has 0 radical (unpaired) electrons. The fraction of sp³-hybridized carbons (Fsp3) is 0.222. The molecular weight excluding hydrogens is 476 g/mol. The average molecular weight is 503 g/mol. The van der Waals surface area contributed by atoms with Gasteiger partial charge in [-0.3, -0.25) is 14.2 Å². The Labute approximate surface area is 209 Å². The van der Waals surface area contributed by atoms with Gasteiger partial charge in [0, 0.05) is 31.7 Å². The summed E-state index contributed by atoms with van der Waals surface area (Å²) in [5.41, 5.74) is 3.26. The van der Waals surface area contributed by atoms with Gasteiger partial charge in [-0.05, 0) is 61.9 Å². The van der Waals surface area contributed by atoms with Crippen molar-refractivity contribution in [1.82, 2.24) is 18.8 Å². The minimum absolute atomic E-state index is 0.172. The van der Waals surface area contributed by atoms with E-state index in [2.05, 4.69) is 4.98 Å². The summed E-state index contributed by atoms with van der Waals surface area (Å²) in [6.45, 7) is 4.80. The molecule has 8 nitrogen and oxygen atoms in total. The molecule has 36 heavy (non-hydrogen) atoms. The molecule has 0 N–H and O–H groups in total. The first-order valence-electron chi connectivity index (χ1n) is 11.7. The van der Waals surface area contributed by atoms with E-state index in [1.807, 2.05) is 19.1 Å². The van der Waals surface area contributed by atoms with E-state index >= 15 is 0 Å². The molecule has 1 aromatic heterocycles. The van der Waals surface area contributed by atoms with E-state index in [1.165, 1.54) is 15.2 Å². The number of rotatable bonds is 4. The molecule has 9 heteroatoms. The predicted octanol–water partition coefficient (Wildman–Crippen LogP) is 3.15. The summed E-state index contributed by atoms with van der Waals surface area (Å²) in [5.74, 6) is -0.172. The first-order chi connectivity index (χ1) is 17.3. The summed E-state index contributed by atoms with van der Waals surface area (Å²) in [6, 6.07) is 19.2. The molecule has 0 unspecified atom stereocenters. The van der Waals surface area contributed by atoms with Crippen LogP contribution in [-0.4, -0.2) is 59.3 Å². The van der Waals surface area contributed by atoms with Gasteiger partial charge >= 0.3 is 0 Å². The number of aromatic nitrogens is 2. The van der Waals surface area contributed by atoms with Gasteiger partial charge in [0.25, 0.3) is 11.5 Å². The Morgan fingerprint density at radius 2 is 1.58 bits per heavy atom. The minimum Gasteiger partial charge on any atom is -0.336 e. The lowest BCUT2D eigenvalue weighted by Crippen LogP contribution is -2.50. The van der Waals surface area contributed by atoms with E-state index in [4.69, 9.17) is 0 Å². The molecule has 1 fully saturated rings. The number of hydrogen-bond acceptors (Lipinski definition) is 5. The van der Waals surface area contributed by atoms with Crippen LogP contribution < -0.4 is 5.56 Å². The molecule has 2 heterocycles. The van der Waals surface area contributed by atoms with Gasteiger partial charge in [-0.15, -0.1) is 0 Å². The smallest absolute Gasteiger partial charge is 0.265 e. The molecule has 0 spiro atoms. The van der Waals surface area contributed by atoms with Crippen LogP contribution in [0.25, 0.3) is 16.6 Å². The van der Waals surface area contributed by atoms with Crippen molar-refractivity contribution in [2.24, 2.45) is 0 Å². The highest BCUT2D eigenvalue weighted by Gasteiger charge is 2.31. The first-order valence-corrected chi connectivity index (χ1v) is 13.1. The average Bonchev–Trinajstić information content (AvgIpc) is 2.89. The van der Waals surface area contributed by atoms with Crippen molar-refractivity contribution in [3.8, 4) is 5.69 Å². The zero-order valence-corrected chi connectivity index (χ0v) is 20.9. The van der Waals surface area contributed by atoms with Gasteiger partial charge in [-0.25, -0.2) is 13.4 Å². The van der Waals surface area contributed by atoms with E-state index in [1.54, 1.807) is 66.4 Å². The van der Waals surface area contributed by atoms with Crippen molar-refractivity contribution in [3.05, 3.63) is 100 Å². The highest BCUT2D eigenvalue weighted by atomic mass is 32.2. The molecule has 4 aromatic rings. The number of benzene rings is 3. The number of nitrogens with zero attached hydrogens (tertiary/aromatic N) is 4. The zero-order valence-electron chi connectivity index (χ0n) is 20.1. The van der Waals surface area contributed by atoms with Crippen LogP contribution >= 0.6 is 0 Å². The van der Waals surface area contributed by atoms with Crippen LogP contribution in [0.15, 0.2) is 82.7 Å². The van der Waals surface area contributed by atoms with E-state index in [0.29, 0.717) is 45.7 Å². The number of amides is 1. The van der Waals surface area contributed by atoms with E-state index in [-0.39, 0.29) is 24.6 Å². The van der Waals surface area contributed by atoms with Crippen molar-refractivity contribution in [3.63, 3.8) is 0 Å². The molecular formula is C27H26N4O4S. The Morgan fingerprint density at radius 3 is 2.28 bits per heavy atom. The van der Waals surface area contributed by atoms with Crippen molar-refractivity contribution < 1.29 is 13.2 Å². The molecule has 0 saturated carbocycles. The van der Waals surface area contributed by atoms with Crippen molar-refractivity contribution in [1.29, 1.82) is 0 Å². The maximum absolute atomic E-state index is 13.1. The lowest BCUT2D eigenvalue weighted by atomic mass is 10.1. The summed E-state index contributed by atoms with van der Waals surface area (Å²) in [7, 11) is -3.62. The number of hydrogen-bond donors (Lipinski definition) is 0. The normalized spacial score (nSPS) is 14.8. The molecule has 1 aliphatic rings.